The minimum Gasteiger partial charge on any atom is -0.508 e. The van der Waals surface area contributed by atoms with Crippen LogP contribution < -0.4 is 0 Å². The van der Waals surface area contributed by atoms with Crippen molar-refractivity contribution in [1.29, 1.82) is 0 Å². The highest BCUT2D eigenvalue weighted by molar-refractivity contribution is 5.98. The molecule has 0 aliphatic carbocycles. The number of aliphatic hydroxyl groups is 1. The van der Waals surface area contributed by atoms with Crippen molar-refractivity contribution in [2.45, 2.75) is 6.54 Å². The average molecular weight is 193 g/mol. The predicted molar refractivity (Wildman–Crippen MR) is 49.9 cm³/mol. The lowest BCUT2D eigenvalue weighted by Gasteiger charge is -2.12. The number of hydrogen-bond acceptors (Lipinski definition) is 3. The van der Waals surface area contributed by atoms with Gasteiger partial charge in [-0.25, -0.2) is 0 Å². The molecular weight excluding hydrogens is 182 g/mol. The van der Waals surface area contributed by atoms with Crippen LogP contribution >= 0.6 is 0 Å². The Hall–Kier alpha value is -1.55. The van der Waals surface area contributed by atoms with E-state index in [1.54, 1.807) is 17.0 Å². The lowest BCUT2D eigenvalue weighted by atomic mass is 10.1. The van der Waals surface area contributed by atoms with E-state index in [1.807, 2.05) is 0 Å². The fourth-order valence-electron chi connectivity index (χ4n) is 1.67. The zero-order chi connectivity index (χ0) is 10.1. The normalized spacial score (nSPS) is 14.6. The third-order valence-electron chi connectivity index (χ3n) is 2.34. The third kappa shape index (κ3) is 1.33. The van der Waals surface area contributed by atoms with Crippen molar-refractivity contribution in [2.75, 3.05) is 13.2 Å². The number of aliphatic hydroxyl groups excluding tert-OH is 1. The lowest BCUT2D eigenvalue weighted by Crippen LogP contribution is -2.26. The van der Waals surface area contributed by atoms with Gasteiger partial charge < -0.3 is 15.1 Å². The van der Waals surface area contributed by atoms with Gasteiger partial charge in [0.25, 0.3) is 5.91 Å². The molecule has 0 spiro atoms. The summed E-state index contributed by atoms with van der Waals surface area (Å²) in [5, 5.41) is 18.0. The second-order valence-corrected chi connectivity index (χ2v) is 3.29. The third-order valence-corrected chi connectivity index (χ3v) is 2.34. The summed E-state index contributed by atoms with van der Waals surface area (Å²) in [4.78, 5) is 13.2. The van der Waals surface area contributed by atoms with E-state index in [0.717, 1.165) is 5.56 Å². The highest BCUT2D eigenvalue weighted by atomic mass is 16.3. The predicted octanol–water partition coefficient (Wildman–Crippen LogP) is 0.340. The standard InChI is InChI=1S/C10H11NO3/c12-4-3-11-6-7-5-8(13)1-2-9(7)10(11)14/h1-2,5,12-13H,3-4,6H2. The van der Waals surface area contributed by atoms with Crippen LogP contribution in [0.1, 0.15) is 15.9 Å². The molecule has 0 bridgehead atoms. The first-order chi connectivity index (χ1) is 6.72. The second kappa shape index (κ2) is 3.31. The number of amides is 1. The molecule has 74 valence electrons. The van der Waals surface area contributed by atoms with Crippen LogP contribution in [0.25, 0.3) is 0 Å². The van der Waals surface area contributed by atoms with Crippen molar-refractivity contribution in [3.63, 3.8) is 0 Å². The number of fused-ring (bicyclic) bond motifs is 1. The van der Waals surface area contributed by atoms with Crippen molar-refractivity contribution in [2.24, 2.45) is 0 Å². The monoisotopic (exact) mass is 193 g/mol. The number of carbonyl (C=O) groups excluding carboxylic acids is 1. The number of hydrogen-bond donors (Lipinski definition) is 2. The molecule has 1 aromatic rings. The molecule has 1 aromatic carbocycles. The van der Waals surface area contributed by atoms with Gasteiger partial charge in [-0.3, -0.25) is 4.79 Å². The maximum absolute atomic E-state index is 11.6. The first kappa shape index (κ1) is 9.02. The molecule has 14 heavy (non-hydrogen) atoms. The summed E-state index contributed by atoms with van der Waals surface area (Å²) in [6.45, 7) is 0.781. The Balaban J connectivity index is 2.31. The number of β-amino-alcohol motifs (C(OH)–C–C–N with tert-alkyl or cyclic N) is 1. The first-order valence-electron chi connectivity index (χ1n) is 4.44. The number of aromatic hydroxyl groups is 1. The Labute approximate surface area is 81.4 Å². The molecule has 0 saturated carbocycles. The van der Waals surface area contributed by atoms with E-state index in [1.165, 1.54) is 6.07 Å². The molecule has 0 aromatic heterocycles. The summed E-state index contributed by atoms with van der Waals surface area (Å²) in [6.07, 6.45) is 0. The van der Waals surface area contributed by atoms with Gasteiger partial charge >= 0.3 is 0 Å². The molecule has 4 heteroatoms. The van der Waals surface area contributed by atoms with Gasteiger partial charge in [-0.05, 0) is 23.8 Å². The zero-order valence-electron chi connectivity index (χ0n) is 7.60. The smallest absolute Gasteiger partial charge is 0.254 e. The number of carbonyl (C=O) groups is 1. The Bertz CT molecular complexity index is 376. The van der Waals surface area contributed by atoms with Crippen molar-refractivity contribution >= 4 is 5.91 Å². The van der Waals surface area contributed by atoms with Crippen molar-refractivity contribution in [3.8, 4) is 5.75 Å². The molecular formula is C10H11NO3. The summed E-state index contributed by atoms with van der Waals surface area (Å²) >= 11 is 0. The molecule has 0 atom stereocenters. The fraction of sp³-hybridized carbons (Fsp3) is 0.300. The minimum atomic E-state index is -0.0750. The summed E-state index contributed by atoms with van der Waals surface area (Å²) in [6, 6.07) is 4.70. The largest absolute Gasteiger partial charge is 0.508 e. The molecule has 0 radical (unpaired) electrons. The van der Waals surface area contributed by atoms with Crippen LogP contribution in [0.4, 0.5) is 0 Å². The van der Waals surface area contributed by atoms with Crippen molar-refractivity contribution in [3.05, 3.63) is 29.3 Å². The molecule has 2 rings (SSSR count). The maximum atomic E-state index is 11.6. The number of nitrogens with zero attached hydrogens (tertiary/aromatic N) is 1. The number of phenolic OH excluding ortho intramolecular Hbond substituents is 1. The van der Waals surface area contributed by atoms with E-state index in [0.29, 0.717) is 18.7 Å². The number of rotatable bonds is 2. The Morgan fingerprint density at radius 1 is 1.43 bits per heavy atom. The topological polar surface area (TPSA) is 60.8 Å². The zero-order valence-corrected chi connectivity index (χ0v) is 7.60. The number of phenols is 1. The van der Waals surface area contributed by atoms with E-state index < -0.39 is 0 Å². The number of benzene rings is 1. The maximum Gasteiger partial charge on any atom is 0.254 e. The van der Waals surface area contributed by atoms with Gasteiger partial charge in [0.15, 0.2) is 0 Å². The second-order valence-electron chi connectivity index (χ2n) is 3.29. The quantitative estimate of drug-likeness (QED) is 0.712. The summed E-state index contributed by atoms with van der Waals surface area (Å²) in [5.41, 5.74) is 1.44. The van der Waals surface area contributed by atoms with E-state index >= 15 is 0 Å². The van der Waals surface area contributed by atoms with Crippen molar-refractivity contribution in [1.82, 2.24) is 4.90 Å². The Morgan fingerprint density at radius 2 is 2.21 bits per heavy atom. The van der Waals surface area contributed by atoms with E-state index in [-0.39, 0.29) is 18.3 Å². The van der Waals surface area contributed by atoms with Crippen LogP contribution in [0.15, 0.2) is 18.2 Å². The molecule has 2 N–H and O–H groups in total. The SMILES string of the molecule is O=C1c2ccc(O)cc2CN1CCO. The van der Waals surface area contributed by atoms with Gasteiger partial charge in [0.05, 0.1) is 6.61 Å². The molecule has 0 unspecified atom stereocenters. The molecule has 1 aliphatic rings. The highest BCUT2D eigenvalue weighted by Gasteiger charge is 2.26. The van der Waals surface area contributed by atoms with Gasteiger partial charge in [0, 0.05) is 18.7 Å². The Kier molecular flexibility index (Phi) is 2.13. The molecule has 1 aliphatic heterocycles. The first-order valence-corrected chi connectivity index (χ1v) is 4.44. The van der Waals surface area contributed by atoms with E-state index in [4.69, 9.17) is 5.11 Å². The van der Waals surface area contributed by atoms with Gasteiger partial charge in [0.1, 0.15) is 5.75 Å². The summed E-state index contributed by atoms with van der Waals surface area (Å²) in [5.74, 6) is 0.0939. The minimum absolute atomic E-state index is 0.0360. The molecule has 0 saturated heterocycles. The van der Waals surface area contributed by atoms with Gasteiger partial charge in [-0.15, -0.1) is 0 Å². The van der Waals surface area contributed by atoms with Gasteiger partial charge in [0.2, 0.25) is 0 Å². The highest BCUT2D eigenvalue weighted by Crippen LogP contribution is 2.25. The average Bonchev–Trinajstić information content (AvgIpc) is 2.44. The summed E-state index contributed by atoms with van der Waals surface area (Å²) < 4.78 is 0. The van der Waals surface area contributed by atoms with Crippen LogP contribution in [0.3, 0.4) is 0 Å². The van der Waals surface area contributed by atoms with Crippen LogP contribution in [0, 0.1) is 0 Å². The van der Waals surface area contributed by atoms with Crippen molar-refractivity contribution < 1.29 is 15.0 Å². The van der Waals surface area contributed by atoms with Gasteiger partial charge in [-0.1, -0.05) is 0 Å². The van der Waals surface area contributed by atoms with E-state index in [9.17, 15) is 9.90 Å². The molecule has 4 nitrogen and oxygen atoms in total. The van der Waals surface area contributed by atoms with Crippen LogP contribution in [0.5, 0.6) is 5.75 Å². The van der Waals surface area contributed by atoms with Gasteiger partial charge in [-0.2, -0.15) is 0 Å². The lowest BCUT2D eigenvalue weighted by molar-refractivity contribution is 0.0745. The van der Waals surface area contributed by atoms with Crippen LogP contribution in [-0.4, -0.2) is 34.2 Å². The Morgan fingerprint density at radius 3 is 2.93 bits per heavy atom. The van der Waals surface area contributed by atoms with Crippen LogP contribution in [-0.2, 0) is 6.54 Å². The molecule has 0 fully saturated rings. The summed E-state index contributed by atoms with van der Waals surface area (Å²) in [7, 11) is 0. The molecule has 1 amide bonds. The van der Waals surface area contributed by atoms with Crippen LogP contribution in [0.2, 0.25) is 0 Å². The fourth-order valence-corrected chi connectivity index (χ4v) is 1.67. The molecule has 1 heterocycles. The van der Waals surface area contributed by atoms with E-state index in [2.05, 4.69) is 0 Å².